The van der Waals surface area contributed by atoms with Gasteiger partial charge in [-0.25, -0.2) is 9.37 Å². The molecule has 9 heteroatoms. The molecule has 2 aromatic heterocycles. The van der Waals surface area contributed by atoms with Crippen LogP contribution in [0.25, 0.3) is 10.9 Å². The van der Waals surface area contributed by atoms with Gasteiger partial charge in [0.25, 0.3) is 5.91 Å². The SMILES string of the molecule is C[C@@H](Nc1nc(Nc2ccc3cccnc3c2)c(C(N)=O)cc1F)C(N)=O. The lowest BCUT2D eigenvalue weighted by atomic mass is 10.2. The number of fused-ring (bicyclic) bond motifs is 1. The zero-order chi connectivity index (χ0) is 19.6. The van der Waals surface area contributed by atoms with Crippen LogP contribution in [0.4, 0.5) is 21.7 Å². The summed E-state index contributed by atoms with van der Waals surface area (Å²) >= 11 is 0. The fourth-order valence-electron chi connectivity index (χ4n) is 2.43. The van der Waals surface area contributed by atoms with Crippen molar-refractivity contribution >= 4 is 40.0 Å². The molecule has 0 aliphatic carbocycles. The number of primary amides is 2. The molecule has 2 heterocycles. The van der Waals surface area contributed by atoms with Crippen molar-refractivity contribution < 1.29 is 14.0 Å². The van der Waals surface area contributed by atoms with E-state index in [9.17, 15) is 14.0 Å². The summed E-state index contributed by atoms with van der Waals surface area (Å²) in [6, 6.07) is 9.18. The van der Waals surface area contributed by atoms with Gasteiger partial charge in [-0.05, 0) is 31.2 Å². The lowest BCUT2D eigenvalue weighted by Gasteiger charge is -2.15. The van der Waals surface area contributed by atoms with Gasteiger partial charge in [-0.3, -0.25) is 14.6 Å². The maximum absolute atomic E-state index is 14.2. The van der Waals surface area contributed by atoms with Crippen LogP contribution in [0.1, 0.15) is 17.3 Å². The minimum absolute atomic E-state index is 0.0401. The van der Waals surface area contributed by atoms with Crippen LogP contribution in [0.2, 0.25) is 0 Å². The van der Waals surface area contributed by atoms with Crippen LogP contribution in [0.3, 0.4) is 0 Å². The number of benzene rings is 1. The maximum Gasteiger partial charge on any atom is 0.252 e. The highest BCUT2D eigenvalue weighted by Crippen LogP contribution is 2.25. The average molecular weight is 368 g/mol. The number of anilines is 3. The summed E-state index contributed by atoms with van der Waals surface area (Å²) in [7, 11) is 0. The van der Waals surface area contributed by atoms with E-state index in [-0.39, 0.29) is 17.2 Å². The van der Waals surface area contributed by atoms with Gasteiger partial charge in [-0.2, -0.15) is 0 Å². The second-order valence-corrected chi connectivity index (χ2v) is 5.88. The number of carbonyl (C=O) groups excluding carboxylic acids is 2. The first kappa shape index (κ1) is 18.1. The Bertz CT molecular complexity index is 1040. The topological polar surface area (TPSA) is 136 Å². The number of nitrogens with one attached hydrogen (secondary N) is 2. The second-order valence-electron chi connectivity index (χ2n) is 5.88. The van der Waals surface area contributed by atoms with Crippen molar-refractivity contribution in [1.82, 2.24) is 9.97 Å². The van der Waals surface area contributed by atoms with Crippen molar-refractivity contribution in [3.63, 3.8) is 0 Å². The Morgan fingerprint density at radius 1 is 1.15 bits per heavy atom. The zero-order valence-corrected chi connectivity index (χ0v) is 14.4. The van der Waals surface area contributed by atoms with Crippen LogP contribution in [-0.4, -0.2) is 27.8 Å². The van der Waals surface area contributed by atoms with Gasteiger partial charge >= 0.3 is 0 Å². The van der Waals surface area contributed by atoms with Gasteiger partial charge in [-0.1, -0.05) is 12.1 Å². The van der Waals surface area contributed by atoms with E-state index in [2.05, 4.69) is 20.6 Å². The quantitative estimate of drug-likeness (QED) is 0.525. The Morgan fingerprint density at radius 3 is 2.63 bits per heavy atom. The number of halogens is 1. The van der Waals surface area contributed by atoms with Crippen molar-refractivity contribution in [2.75, 3.05) is 10.6 Å². The molecular weight excluding hydrogens is 351 g/mol. The van der Waals surface area contributed by atoms with Crippen LogP contribution in [0.15, 0.2) is 42.6 Å². The molecule has 0 radical (unpaired) electrons. The van der Waals surface area contributed by atoms with Gasteiger partial charge in [-0.15, -0.1) is 0 Å². The predicted octanol–water partition coefficient (Wildman–Crippen LogP) is 1.90. The second kappa shape index (κ2) is 7.24. The van der Waals surface area contributed by atoms with E-state index in [0.29, 0.717) is 5.69 Å². The number of hydrogen-bond donors (Lipinski definition) is 4. The highest BCUT2D eigenvalue weighted by molar-refractivity contribution is 5.99. The smallest absolute Gasteiger partial charge is 0.252 e. The summed E-state index contributed by atoms with van der Waals surface area (Å²) < 4.78 is 14.2. The molecule has 0 saturated carbocycles. The Kier molecular flexibility index (Phi) is 4.84. The largest absolute Gasteiger partial charge is 0.368 e. The summed E-state index contributed by atoms with van der Waals surface area (Å²) in [6.45, 7) is 1.47. The summed E-state index contributed by atoms with van der Waals surface area (Å²) in [5.74, 6) is -2.55. The molecule has 27 heavy (non-hydrogen) atoms. The Balaban J connectivity index is 2.00. The third kappa shape index (κ3) is 3.92. The molecule has 1 aromatic carbocycles. The van der Waals surface area contributed by atoms with Gasteiger partial charge < -0.3 is 22.1 Å². The van der Waals surface area contributed by atoms with Crippen LogP contribution < -0.4 is 22.1 Å². The van der Waals surface area contributed by atoms with Crippen LogP contribution in [0, 0.1) is 5.82 Å². The summed E-state index contributed by atoms with van der Waals surface area (Å²) in [4.78, 5) is 31.2. The molecule has 0 aliphatic heterocycles. The third-order valence-electron chi connectivity index (χ3n) is 3.89. The molecular formula is C18H17FN6O2. The molecule has 138 valence electrons. The van der Waals surface area contributed by atoms with Crippen molar-refractivity contribution in [1.29, 1.82) is 0 Å². The number of aromatic nitrogens is 2. The molecule has 3 aromatic rings. The van der Waals surface area contributed by atoms with E-state index < -0.39 is 23.7 Å². The van der Waals surface area contributed by atoms with Crippen LogP contribution in [0.5, 0.6) is 0 Å². The zero-order valence-electron chi connectivity index (χ0n) is 14.4. The first-order valence-corrected chi connectivity index (χ1v) is 8.03. The third-order valence-corrected chi connectivity index (χ3v) is 3.89. The number of carbonyl (C=O) groups is 2. The van der Waals surface area contributed by atoms with Gasteiger partial charge in [0, 0.05) is 17.3 Å². The standard InChI is InChI=1S/C18H17FN6O2/c1-9(15(20)26)23-18-13(19)8-12(16(21)27)17(25-18)24-11-5-4-10-3-2-6-22-14(10)7-11/h2-9H,1H3,(H2,20,26)(H2,21,27)(H2,23,24,25)/t9-/m1/s1. The van der Waals surface area contributed by atoms with Crippen molar-refractivity contribution in [3.05, 3.63) is 54.0 Å². The summed E-state index contributed by atoms with van der Waals surface area (Å²) in [5, 5.41) is 6.44. The fraction of sp³-hybridized carbons (Fsp3) is 0.111. The monoisotopic (exact) mass is 368 g/mol. The lowest BCUT2D eigenvalue weighted by Crippen LogP contribution is -2.33. The Hall–Kier alpha value is -3.75. The van der Waals surface area contributed by atoms with Gasteiger partial charge in [0.2, 0.25) is 5.91 Å². The summed E-state index contributed by atoms with van der Waals surface area (Å²) in [5.41, 5.74) is 11.7. The van der Waals surface area contributed by atoms with E-state index in [0.717, 1.165) is 17.0 Å². The Labute approximate surface area is 153 Å². The highest BCUT2D eigenvalue weighted by Gasteiger charge is 2.18. The number of nitrogens with zero attached hydrogens (tertiary/aromatic N) is 2. The van der Waals surface area contributed by atoms with Crippen molar-refractivity contribution in [2.45, 2.75) is 13.0 Å². The lowest BCUT2D eigenvalue weighted by molar-refractivity contribution is -0.118. The van der Waals surface area contributed by atoms with Crippen LogP contribution >= 0.6 is 0 Å². The number of amides is 2. The first-order chi connectivity index (χ1) is 12.8. The highest BCUT2D eigenvalue weighted by atomic mass is 19.1. The average Bonchev–Trinajstić information content (AvgIpc) is 2.63. The van der Waals surface area contributed by atoms with Crippen molar-refractivity contribution in [2.24, 2.45) is 11.5 Å². The number of pyridine rings is 2. The maximum atomic E-state index is 14.2. The molecule has 0 aliphatic rings. The normalized spacial score (nSPS) is 11.8. The first-order valence-electron chi connectivity index (χ1n) is 8.03. The van der Waals surface area contributed by atoms with Crippen LogP contribution in [-0.2, 0) is 4.79 Å². The van der Waals surface area contributed by atoms with E-state index >= 15 is 0 Å². The molecule has 6 N–H and O–H groups in total. The molecule has 8 nitrogen and oxygen atoms in total. The summed E-state index contributed by atoms with van der Waals surface area (Å²) in [6.07, 6.45) is 1.66. The van der Waals surface area contributed by atoms with Gasteiger partial charge in [0.05, 0.1) is 11.1 Å². The number of hydrogen-bond acceptors (Lipinski definition) is 6. The molecule has 0 bridgehead atoms. The minimum atomic E-state index is -0.857. The molecule has 3 rings (SSSR count). The van der Waals surface area contributed by atoms with E-state index in [4.69, 9.17) is 11.5 Å². The van der Waals surface area contributed by atoms with E-state index in [1.54, 1.807) is 18.3 Å². The molecule has 1 atom stereocenters. The van der Waals surface area contributed by atoms with Crippen molar-refractivity contribution in [3.8, 4) is 0 Å². The van der Waals surface area contributed by atoms with E-state index in [1.165, 1.54) is 6.92 Å². The van der Waals surface area contributed by atoms with Gasteiger partial charge in [0.1, 0.15) is 11.9 Å². The molecule has 0 spiro atoms. The van der Waals surface area contributed by atoms with Gasteiger partial charge in [0.15, 0.2) is 11.6 Å². The molecule has 0 saturated heterocycles. The van der Waals surface area contributed by atoms with E-state index in [1.807, 2.05) is 18.2 Å². The number of rotatable bonds is 6. The predicted molar refractivity (Wildman–Crippen MR) is 100 cm³/mol. The molecule has 0 fully saturated rings. The fourth-order valence-corrected chi connectivity index (χ4v) is 2.43. The molecule has 2 amide bonds. The minimum Gasteiger partial charge on any atom is -0.368 e. The molecule has 0 unspecified atom stereocenters. The Morgan fingerprint density at radius 2 is 1.93 bits per heavy atom. The number of nitrogens with two attached hydrogens (primary N) is 2.